The Balaban J connectivity index is 2.01. The molecule has 0 atom stereocenters. The van der Waals surface area contributed by atoms with Gasteiger partial charge in [-0.15, -0.1) is 0 Å². The maximum Gasteiger partial charge on any atom is 0.397 e. The Morgan fingerprint density at radius 2 is 1.73 bits per heavy atom. The first-order chi connectivity index (χ1) is 10.8. The van der Waals surface area contributed by atoms with Crippen molar-refractivity contribution < 1.29 is 14.1 Å². The molecule has 0 aliphatic carbocycles. The summed E-state index contributed by atoms with van der Waals surface area (Å²) in [5.41, 5.74) is 2.81. The van der Waals surface area contributed by atoms with Crippen molar-refractivity contribution >= 4 is 5.97 Å². The Bertz CT molecular complexity index is 781. The van der Waals surface area contributed by atoms with Crippen LogP contribution in [0.4, 0.5) is 0 Å². The Hall–Kier alpha value is -2.95. The highest BCUT2D eigenvalue weighted by atomic mass is 16.6. The smallest absolute Gasteiger partial charge is 0.397 e. The molecule has 0 unspecified atom stereocenters. The summed E-state index contributed by atoms with van der Waals surface area (Å²) in [6, 6.07) is 17.6. The fourth-order valence-corrected chi connectivity index (χ4v) is 2.16. The van der Waals surface area contributed by atoms with E-state index in [-0.39, 0.29) is 12.5 Å². The lowest BCUT2D eigenvalue weighted by Crippen LogP contribution is -2.04. The molecule has 5 heteroatoms. The number of carbonyl (C=O) groups excluding carboxylic acids is 1. The van der Waals surface area contributed by atoms with Crippen LogP contribution < -0.4 is 0 Å². The first-order valence-corrected chi connectivity index (χ1v) is 6.95. The number of esters is 1. The average Bonchev–Trinajstić information content (AvgIpc) is 3.06. The van der Waals surface area contributed by atoms with Crippen molar-refractivity contribution in [2.24, 2.45) is 0 Å². The molecule has 0 N–H and O–H groups in total. The quantitative estimate of drug-likeness (QED) is 0.688. The van der Waals surface area contributed by atoms with Crippen molar-refractivity contribution in [3.63, 3.8) is 0 Å². The van der Waals surface area contributed by atoms with Crippen LogP contribution in [-0.4, -0.2) is 22.7 Å². The summed E-state index contributed by atoms with van der Waals surface area (Å²) in [5, 5.41) is 3.89. The molecule has 0 fully saturated rings. The molecule has 5 nitrogen and oxygen atoms in total. The van der Waals surface area contributed by atoms with Gasteiger partial charge in [0.2, 0.25) is 5.82 Å². The molecule has 1 heterocycles. The van der Waals surface area contributed by atoms with Crippen LogP contribution in [0, 0.1) is 0 Å². The van der Waals surface area contributed by atoms with E-state index in [1.165, 1.54) is 0 Å². The van der Waals surface area contributed by atoms with Gasteiger partial charge >= 0.3 is 11.9 Å². The molecule has 0 bridgehead atoms. The fraction of sp³-hybridized carbons (Fsp3) is 0.118. The second kappa shape index (κ2) is 6.22. The van der Waals surface area contributed by atoms with Crippen LogP contribution in [0.3, 0.4) is 0 Å². The number of nitrogens with zero attached hydrogens (tertiary/aromatic N) is 2. The third kappa shape index (κ3) is 2.74. The molecule has 3 rings (SSSR count). The van der Waals surface area contributed by atoms with Crippen LogP contribution in [0.1, 0.15) is 17.6 Å². The zero-order valence-corrected chi connectivity index (χ0v) is 12.0. The molecule has 0 spiro atoms. The van der Waals surface area contributed by atoms with E-state index in [1.807, 2.05) is 54.6 Å². The highest BCUT2D eigenvalue weighted by Gasteiger charge is 2.18. The molecular weight excluding hydrogens is 280 g/mol. The molecule has 2 aromatic carbocycles. The lowest BCUT2D eigenvalue weighted by atomic mass is 9.99. The van der Waals surface area contributed by atoms with Gasteiger partial charge in [-0.2, -0.15) is 4.98 Å². The molecule has 1 aromatic heterocycles. The van der Waals surface area contributed by atoms with Crippen molar-refractivity contribution in [3.05, 3.63) is 60.5 Å². The van der Waals surface area contributed by atoms with Gasteiger partial charge in [-0.3, -0.25) is 0 Å². The number of ether oxygens (including phenoxy) is 1. The number of rotatable bonds is 4. The predicted molar refractivity (Wildman–Crippen MR) is 81.1 cm³/mol. The number of carbonyl (C=O) groups is 1. The van der Waals surface area contributed by atoms with E-state index in [1.54, 1.807) is 6.92 Å². The van der Waals surface area contributed by atoms with Gasteiger partial charge in [-0.1, -0.05) is 59.8 Å². The van der Waals surface area contributed by atoms with E-state index in [0.717, 1.165) is 16.7 Å². The van der Waals surface area contributed by atoms with E-state index in [4.69, 9.17) is 9.26 Å². The summed E-state index contributed by atoms with van der Waals surface area (Å²) in [7, 11) is 0. The first-order valence-electron chi connectivity index (χ1n) is 6.95. The maximum atomic E-state index is 11.6. The van der Waals surface area contributed by atoms with Crippen molar-refractivity contribution in [2.75, 3.05) is 6.61 Å². The van der Waals surface area contributed by atoms with Crippen molar-refractivity contribution in [2.45, 2.75) is 6.92 Å². The lowest BCUT2D eigenvalue weighted by Gasteiger charge is -2.05. The lowest BCUT2D eigenvalue weighted by molar-refractivity contribution is 0.0470. The topological polar surface area (TPSA) is 65.2 Å². The molecule has 22 heavy (non-hydrogen) atoms. The van der Waals surface area contributed by atoms with Gasteiger partial charge in [0, 0.05) is 5.56 Å². The van der Waals surface area contributed by atoms with Crippen molar-refractivity contribution in [3.8, 4) is 22.5 Å². The standard InChI is InChI=1S/C17H14N2O3/c1-2-21-17(20)16-18-15(19-22-16)14-11-7-6-10-13(14)12-8-4-3-5-9-12/h3-11H,2H2,1H3. The fourth-order valence-electron chi connectivity index (χ4n) is 2.16. The van der Waals surface area contributed by atoms with Crippen LogP contribution in [0.15, 0.2) is 59.1 Å². The van der Waals surface area contributed by atoms with Gasteiger partial charge in [0.25, 0.3) is 0 Å². The first kappa shape index (κ1) is 14.0. The van der Waals surface area contributed by atoms with Crippen LogP contribution in [-0.2, 0) is 4.74 Å². The highest BCUT2D eigenvalue weighted by Crippen LogP contribution is 2.30. The molecule has 0 saturated carbocycles. The molecule has 3 aromatic rings. The maximum absolute atomic E-state index is 11.6. The zero-order valence-electron chi connectivity index (χ0n) is 12.0. The van der Waals surface area contributed by atoms with Gasteiger partial charge in [0.05, 0.1) is 6.61 Å². The second-order valence-corrected chi connectivity index (χ2v) is 4.56. The van der Waals surface area contributed by atoms with Gasteiger partial charge in [-0.25, -0.2) is 4.79 Å². The van der Waals surface area contributed by atoms with Gasteiger partial charge < -0.3 is 9.26 Å². The largest absolute Gasteiger partial charge is 0.459 e. The summed E-state index contributed by atoms with van der Waals surface area (Å²) in [4.78, 5) is 15.8. The van der Waals surface area contributed by atoms with E-state index in [2.05, 4.69) is 10.1 Å². The monoisotopic (exact) mass is 294 g/mol. The van der Waals surface area contributed by atoms with Gasteiger partial charge in [0.15, 0.2) is 0 Å². The summed E-state index contributed by atoms with van der Waals surface area (Å²) < 4.78 is 9.85. The Kier molecular flexibility index (Phi) is 3.96. The number of hydrogen-bond donors (Lipinski definition) is 0. The van der Waals surface area contributed by atoms with E-state index in [9.17, 15) is 4.79 Å². The zero-order chi connectivity index (χ0) is 15.4. The summed E-state index contributed by atoms with van der Waals surface area (Å²) >= 11 is 0. The normalized spacial score (nSPS) is 10.4. The molecule has 0 saturated heterocycles. The van der Waals surface area contributed by atoms with Crippen LogP contribution in [0.2, 0.25) is 0 Å². The van der Waals surface area contributed by atoms with Crippen LogP contribution >= 0.6 is 0 Å². The number of hydrogen-bond acceptors (Lipinski definition) is 5. The molecule has 110 valence electrons. The minimum atomic E-state index is -0.613. The minimum absolute atomic E-state index is 0.139. The third-order valence-electron chi connectivity index (χ3n) is 3.13. The SMILES string of the molecule is CCOC(=O)c1nc(-c2ccccc2-c2ccccc2)no1. The summed E-state index contributed by atoms with van der Waals surface area (Å²) in [6.07, 6.45) is 0. The van der Waals surface area contributed by atoms with Crippen molar-refractivity contribution in [1.82, 2.24) is 10.1 Å². The van der Waals surface area contributed by atoms with Crippen LogP contribution in [0.25, 0.3) is 22.5 Å². The average molecular weight is 294 g/mol. The summed E-state index contributed by atoms with van der Waals surface area (Å²) in [5.74, 6) is -0.388. The van der Waals surface area contributed by atoms with E-state index >= 15 is 0 Å². The Morgan fingerprint density at radius 3 is 2.45 bits per heavy atom. The number of benzene rings is 2. The molecule has 0 aliphatic rings. The van der Waals surface area contributed by atoms with Gasteiger partial charge in [0.1, 0.15) is 0 Å². The van der Waals surface area contributed by atoms with E-state index < -0.39 is 5.97 Å². The third-order valence-corrected chi connectivity index (χ3v) is 3.13. The Labute approximate surface area is 127 Å². The number of aromatic nitrogens is 2. The molecule has 0 radical (unpaired) electrons. The highest BCUT2D eigenvalue weighted by molar-refractivity contribution is 5.86. The van der Waals surface area contributed by atoms with Crippen LogP contribution in [0.5, 0.6) is 0 Å². The molecular formula is C17H14N2O3. The molecule has 0 amide bonds. The second-order valence-electron chi connectivity index (χ2n) is 4.56. The minimum Gasteiger partial charge on any atom is -0.459 e. The molecule has 0 aliphatic heterocycles. The predicted octanol–water partition coefficient (Wildman–Crippen LogP) is 3.58. The Morgan fingerprint density at radius 1 is 1.05 bits per heavy atom. The van der Waals surface area contributed by atoms with Crippen molar-refractivity contribution in [1.29, 1.82) is 0 Å². The summed E-state index contributed by atoms with van der Waals surface area (Å²) in [6.45, 7) is 1.98. The van der Waals surface area contributed by atoms with Gasteiger partial charge in [-0.05, 0) is 18.1 Å². The van der Waals surface area contributed by atoms with E-state index in [0.29, 0.717) is 5.82 Å².